The van der Waals surface area contributed by atoms with Gasteiger partial charge in [0.05, 0.1) is 6.61 Å². The number of guanidine groups is 1. The Bertz CT molecular complexity index is 365. The Labute approximate surface area is 107 Å². The summed E-state index contributed by atoms with van der Waals surface area (Å²) < 4.78 is 17.6. The summed E-state index contributed by atoms with van der Waals surface area (Å²) in [4.78, 5) is 4.08. The molecule has 0 atom stereocenters. The smallest absolute Gasteiger partial charge is 0.191 e. The number of ether oxygens (including phenoxy) is 1. The summed E-state index contributed by atoms with van der Waals surface area (Å²) >= 11 is 0. The van der Waals surface area contributed by atoms with Gasteiger partial charge in [0.2, 0.25) is 0 Å². The lowest BCUT2D eigenvalue weighted by molar-refractivity contribution is 0.203. The van der Waals surface area contributed by atoms with E-state index in [-0.39, 0.29) is 5.82 Å². The van der Waals surface area contributed by atoms with E-state index in [1.54, 1.807) is 26.3 Å². The van der Waals surface area contributed by atoms with Crippen molar-refractivity contribution in [2.24, 2.45) is 4.99 Å². The Balaban J connectivity index is 2.25. The molecule has 0 saturated carbocycles. The lowest BCUT2D eigenvalue weighted by Gasteiger charge is -2.11. The fourth-order valence-electron chi connectivity index (χ4n) is 1.47. The molecule has 0 radical (unpaired) electrons. The van der Waals surface area contributed by atoms with Crippen LogP contribution in [-0.4, -0.2) is 39.8 Å². The molecule has 0 aliphatic rings. The van der Waals surface area contributed by atoms with Gasteiger partial charge in [-0.05, 0) is 24.1 Å². The van der Waals surface area contributed by atoms with Crippen LogP contribution in [-0.2, 0) is 11.2 Å². The molecular weight excluding hydrogens is 233 g/mol. The minimum atomic E-state index is -0.205. The Hall–Kier alpha value is -1.62. The van der Waals surface area contributed by atoms with Crippen molar-refractivity contribution in [3.63, 3.8) is 0 Å². The highest BCUT2D eigenvalue weighted by atomic mass is 19.1. The molecule has 1 rings (SSSR count). The molecule has 0 unspecified atom stereocenters. The van der Waals surface area contributed by atoms with Gasteiger partial charge in [-0.2, -0.15) is 0 Å². The van der Waals surface area contributed by atoms with Gasteiger partial charge in [-0.15, -0.1) is 0 Å². The normalized spacial score (nSPS) is 11.4. The summed E-state index contributed by atoms with van der Waals surface area (Å²) in [5, 5.41) is 6.30. The van der Waals surface area contributed by atoms with Crippen molar-refractivity contribution in [1.29, 1.82) is 0 Å². The number of nitrogens with zero attached hydrogens (tertiary/aromatic N) is 1. The van der Waals surface area contributed by atoms with Crippen LogP contribution in [0, 0.1) is 5.82 Å². The van der Waals surface area contributed by atoms with Gasteiger partial charge in [0.25, 0.3) is 0 Å². The first kappa shape index (κ1) is 14.4. The van der Waals surface area contributed by atoms with Gasteiger partial charge in [0.15, 0.2) is 5.96 Å². The number of aliphatic imine (C=N–C) groups is 1. The van der Waals surface area contributed by atoms with E-state index in [0.29, 0.717) is 13.2 Å². The van der Waals surface area contributed by atoms with E-state index >= 15 is 0 Å². The number of hydrogen-bond acceptors (Lipinski definition) is 2. The van der Waals surface area contributed by atoms with Crippen molar-refractivity contribution in [3.8, 4) is 0 Å². The Morgan fingerprint density at radius 1 is 1.22 bits per heavy atom. The van der Waals surface area contributed by atoms with Crippen molar-refractivity contribution in [2.45, 2.75) is 6.42 Å². The van der Waals surface area contributed by atoms with Gasteiger partial charge in [0, 0.05) is 27.2 Å². The summed E-state index contributed by atoms with van der Waals surface area (Å²) in [5.41, 5.74) is 1.09. The number of nitrogens with one attached hydrogen (secondary N) is 2. The molecule has 1 aromatic rings. The lowest BCUT2D eigenvalue weighted by atomic mass is 10.1. The van der Waals surface area contributed by atoms with Crippen LogP contribution < -0.4 is 10.6 Å². The maximum Gasteiger partial charge on any atom is 0.191 e. The molecule has 4 nitrogen and oxygen atoms in total. The van der Waals surface area contributed by atoms with Crippen LogP contribution in [0.1, 0.15) is 5.56 Å². The SMILES string of the molecule is CN=C(NCCOC)NCCc1ccc(F)cc1. The van der Waals surface area contributed by atoms with E-state index in [0.717, 1.165) is 24.5 Å². The van der Waals surface area contributed by atoms with Crippen LogP contribution in [0.3, 0.4) is 0 Å². The summed E-state index contributed by atoms with van der Waals surface area (Å²) in [6.45, 7) is 2.10. The van der Waals surface area contributed by atoms with E-state index in [1.807, 2.05) is 0 Å². The highest BCUT2D eigenvalue weighted by Gasteiger charge is 1.97. The third-order valence-electron chi connectivity index (χ3n) is 2.44. The van der Waals surface area contributed by atoms with E-state index in [1.165, 1.54) is 12.1 Å². The molecule has 0 amide bonds. The first-order valence-corrected chi connectivity index (χ1v) is 5.94. The minimum Gasteiger partial charge on any atom is -0.383 e. The number of halogens is 1. The molecular formula is C13H20FN3O. The Kier molecular flexibility index (Phi) is 6.79. The summed E-state index contributed by atoms with van der Waals surface area (Å²) in [5.74, 6) is 0.540. The molecule has 1 aromatic carbocycles. The van der Waals surface area contributed by atoms with E-state index in [4.69, 9.17) is 4.74 Å². The molecule has 0 spiro atoms. The van der Waals surface area contributed by atoms with E-state index in [2.05, 4.69) is 15.6 Å². The van der Waals surface area contributed by atoms with Crippen molar-refractivity contribution in [2.75, 3.05) is 33.9 Å². The molecule has 0 aliphatic heterocycles. The zero-order chi connectivity index (χ0) is 13.2. The van der Waals surface area contributed by atoms with Gasteiger partial charge in [-0.3, -0.25) is 4.99 Å². The number of hydrogen-bond donors (Lipinski definition) is 2. The number of methoxy groups -OCH3 is 1. The maximum absolute atomic E-state index is 12.7. The molecule has 0 aliphatic carbocycles. The first-order chi connectivity index (χ1) is 8.76. The number of benzene rings is 1. The van der Waals surface area contributed by atoms with Gasteiger partial charge in [0.1, 0.15) is 5.82 Å². The molecule has 0 heterocycles. The fraction of sp³-hybridized carbons (Fsp3) is 0.462. The topological polar surface area (TPSA) is 45.7 Å². The summed E-state index contributed by atoms with van der Waals surface area (Å²) in [6, 6.07) is 6.53. The molecule has 0 bridgehead atoms. The summed E-state index contributed by atoms with van der Waals surface area (Å²) in [7, 11) is 3.38. The third-order valence-corrected chi connectivity index (χ3v) is 2.44. The van der Waals surface area contributed by atoms with Gasteiger partial charge in [-0.1, -0.05) is 12.1 Å². The predicted octanol–water partition coefficient (Wildman–Crippen LogP) is 1.18. The largest absolute Gasteiger partial charge is 0.383 e. The molecule has 18 heavy (non-hydrogen) atoms. The first-order valence-electron chi connectivity index (χ1n) is 5.94. The lowest BCUT2D eigenvalue weighted by Crippen LogP contribution is -2.39. The third kappa shape index (κ3) is 5.63. The fourth-order valence-corrected chi connectivity index (χ4v) is 1.47. The maximum atomic E-state index is 12.7. The molecule has 0 saturated heterocycles. The molecule has 0 fully saturated rings. The van der Waals surface area contributed by atoms with Crippen LogP contribution in [0.5, 0.6) is 0 Å². The highest BCUT2D eigenvalue weighted by molar-refractivity contribution is 5.79. The molecule has 0 aromatic heterocycles. The second-order valence-corrected chi connectivity index (χ2v) is 3.80. The average molecular weight is 253 g/mol. The summed E-state index contributed by atoms with van der Waals surface area (Å²) in [6.07, 6.45) is 0.825. The van der Waals surface area contributed by atoms with Crippen LogP contribution in [0.15, 0.2) is 29.3 Å². The van der Waals surface area contributed by atoms with Gasteiger partial charge in [-0.25, -0.2) is 4.39 Å². The Morgan fingerprint density at radius 3 is 2.50 bits per heavy atom. The van der Waals surface area contributed by atoms with Crippen LogP contribution in [0.25, 0.3) is 0 Å². The van der Waals surface area contributed by atoms with Crippen LogP contribution in [0.2, 0.25) is 0 Å². The second kappa shape index (κ2) is 8.47. The van der Waals surface area contributed by atoms with Gasteiger partial charge < -0.3 is 15.4 Å². The quantitative estimate of drug-likeness (QED) is 0.454. The molecule has 2 N–H and O–H groups in total. The number of rotatable bonds is 6. The predicted molar refractivity (Wildman–Crippen MR) is 71.3 cm³/mol. The highest BCUT2D eigenvalue weighted by Crippen LogP contribution is 2.02. The molecule has 5 heteroatoms. The van der Waals surface area contributed by atoms with Crippen LogP contribution in [0.4, 0.5) is 4.39 Å². The van der Waals surface area contributed by atoms with E-state index < -0.39 is 0 Å². The zero-order valence-corrected chi connectivity index (χ0v) is 10.9. The standard InChI is InChI=1S/C13H20FN3O/c1-15-13(17-9-10-18-2)16-8-7-11-3-5-12(14)6-4-11/h3-6H,7-10H2,1-2H3,(H2,15,16,17). The van der Waals surface area contributed by atoms with Crippen molar-refractivity contribution >= 4 is 5.96 Å². The zero-order valence-electron chi connectivity index (χ0n) is 10.9. The van der Waals surface area contributed by atoms with Crippen molar-refractivity contribution in [1.82, 2.24) is 10.6 Å². The minimum absolute atomic E-state index is 0.205. The van der Waals surface area contributed by atoms with Crippen molar-refractivity contribution < 1.29 is 9.13 Å². The van der Waals surface area contributed by atoms with Crippen molar-refractivity contribution in [3.05, 3.63) is 35.6 Å². The monoisotopic (exact) mass is 253 g/mol. The molecule has 100 valence electrons. The Morgan fingerprint density at radius 2 is 1.89 bits per heavy atom. The average Bonchev–Trinajstić information content (AvgIpc) is 2.39. The van der Waals surface area contributed by atoms with Crippen LogP contribution >= 0.6 is 0 Å². The second-order valence-electron chi connectivity index (χ2n) is 3.80. The van der Waals surface area contributed by atoms with E-state index in [9.17, 15) is 4.39 Å². The van der Waals surface area contributed by atoms with Gasteiger partial charge >= 0.3 is 0 Å².